The summed E-state index contributed by atoms with van der Waals surface area (Å²) in [5.74, 6) is 0.629. The number of methoxy groups -OCH3 is 1. The van der Waals surface area contributed by atoms with Crippen molar-refractivity contribution in [1.82, 2.24) is 9.55 Å². The maximum Gasteiger partial charge on any atom is 0.337 e. The van der Waals surface area contributed by atoms with Crippen LogP contribution in [0.5, 0.6) is 0 Å². The highest BCUT2D eigenvalue weighted by molar-refractivity contribution is 6.10. The van der Waals surface area contributed by atoms with Gasteiger partial charge in [-0.15, -0.1) is 0 Å². The van der Waals surface area contributed by atoms with Gasteiger partial charge in [-0.1, -0.05) is 49.4 Å². The number of fused-ring (bicyclic) bond motifs is 1. The molecule has 0 unspecified atom stereocenters. The van der Waals surface area contributed by atoms with Crippen LogP contribution >= 0.6 is 0 Å². The second kappa shape index (κ2) is 8.96. The van der Waals surface area contributed by atoms with E-state index in [1.54, 1.807) is 12.1 Å². The van der Waals surface area contributed by atoms with E-state index < -0.39 is 0 Å². The lowest BCUT2D eigenvalue weighted by Gasteiger charge is -2.10. The maximum absolute atomic E-state index is 12.9. The number of aromatic nitrogens is 2. The highest BCUT2D eigenvalue weighted by Crippen LogP contribution is 2.22. The Morgan fingerprint density at radius 1 is 0.903 bits per heavy atom. The summed E-state index contributed by atoms with van der Waals surface area (Å²) in [6.45, 7) is 2.73. The summed E-state index contributed by atoms with van der Waals surface area (Å²) < 4.78 is 6.94. The molecule has 1 heterocycles. The van der Waals surface area contributed by atoms with E-state index in [0.29, 0.717) is 23.2 Å². The lowest BCUT2D eigenvalue weighted by molar-refractivity contribution is 0.0600. The fourth-order valence-corrected chi connectivity index (χ4v) is 3.71. The maximum atomic E-state index is 12.9. The van der Waals surface area contributed by atoms with Gasteiger partial charge in [0.05, 0.1) is 23.7 Å². The Morgan fingerprint density at radius 3 is 2.29 bits per heavy atom. The topological polar surface area (TPSA) is 61.2 Å². The van der Waals surface area contributed by atoms with Crippen LogP contribution in [0.4, 0.5) is 0 Å². The van der Waals surface area contributed by atoms with E-state index >= 15 is 0 Å². The largest absolute Gasteiger partial charge is 0.465 e. The van der Waals surface area contributed by atoms with E-state index in [0.717, 1.165) is 35.3 Å². The summed E-state index contributed by atoms with van der Waals surface area (Å²) in [7, 11) is 1.37. The van der Waals surface area contributed by atoms with Gasteiger partial charge in [0.2, 0.25) is 0 Å². The SMILES string of the molecule is CCCc1nc2ccc(C(=O)c3ccccc3)cc2n1Cc1ccc(C(=O)OC)cc1. The summed E-state index contributed by atoms with van der Waals surface area (Å²) >= 11 is 0. The number of benzene rings is 3. The molecule has 0 spiro atoms. The first-order chi connectivity index (χ1) is 15.1. The molecule has 31 heavy (non-hydrogen) atoms. The fourth-order valence-electron chi connectivity index (χ4n) is 3.71. The number of esters is 1. The number of rotatable bonds is 7. The number of ether oxygens (including phenoxy) is 1. The van der Waals surface area contributed by atoms with Crippen molar-refractivity contribution in [3.63, 3.8) is 0 Å². The predicted octanol–water partition coefficient (Wildman–Crippen LogP) is 5.05. The monoisotopic (exact) mass is 412 g/mol. The highest BCUT2D eigenvalue weighted by atomic mass is 16.5. The number of ketones is 1. The average Bonchev–Trinajstić information content (AvgIpc) is 3.15. The molecule has 0 amide bonds. The smallest absolute Gasteiger partial charge is 0.337 e. The molecule has 4 aromatic rings. The zero-order valence-corrected chi connectivity index (χ0v) is 17.7. The van der Waals surface area contributed by atoms with Gasteiger partial charge in [-0.05, 0) is 42.3 Å². The minimum absolute atomic E-state index is 0.00489. The van der Waals surface area contributed by atoms with Crippen molar-refractivity contribution >= 4 is 22.8 Å². The highest BCUT2D eigenvalue weighted by Gasteiger charge is 2.15. The summed E-state index contributed by atoms with van der Waals surface area (Å²) in [4.78, 5) is 29.5. The Bertz CT molecular complexity index is 1220. The Balaban J connectivity index is 1.72. The second-order valence-corrected chi connectivity index (χ2v) is 7.45. The van der Waals surface area contributed by atoms with Gasteiger partial charge in [0, 0.05) is 24.1 Å². The van der Waals surface area contributed by atoms with Gasteiger partial charge >= 0.3 is 5.97 Å². The molecule has 0 aliphatic heterocycles. The first-order valence-electron chi connectivity index (χ1n) is 10.4. The second-order valence-electron chi connectivity index (χ2n) is 7.45. The van der Waals surface area contributed by atoms with Crippen molar-refractivity contribution in [3.05, 3.63) is 101 Å². The first kappa shape index (κ1) is 20.5. The molecule has 5 heteroatoms. The third kappa shape index (κ3) is 4.26. The van der Waals surface area contributed by atoms with Gasteiger partial charge < -0.3 is 9.30 Å². The van der Waals surface area contributed by atoms with E-state index in [1.807, 2.05) is 60.7 Å². The predicted molar refractivity (Wildman–Crippen MR) is 120 cm³/mol. The number of aryl methyl sites for hydroxylation is 1. The van der Waals surface area contributed by atoms with Gasteiger partial charge in [-0.3, -0.25) is 4.79 Å². The molecule has 0 saturated heterocycles. The molecule has 0 aliphatic carbocycles. The number of imidazole rings is 1. The molecular formula is C26H24N2O3. The average molecular weight is 412 g/mol. The summed E-state index contributed by atoms with van der Waals surface area (Å²) in [5.41, 5.74) is 4.68. The van der Waals surface area contributed by atoms with E-state index in [9.17, 15) is 9.59 Å². The van der Waals surface area contributed by atoms with Crippen LogP contribution in [0.3, 0.4) is 0 Å². The molecule has 0 bridgehead atoms. The molecule has 0 radical (unpaired) electrons. The van der Waals surface area contributed by atoms with Crippen molar-refractivity contribution in [2.24, 2.45) is 0 Å². The molecule has 1 aromatic heterocycles. The van der Waals surface area contributed by atoms with Crippen LogP contribution < -0.4 is 0 Å². The molecule has 0 N–H and O–H groups in total. The Kier molecular flexibility index (Phi) is 5.94. The normalized spacial score (nSPS) is 10.9. The molecule has 0 atom stereocenters. The fraction of sp³-hybridized carbons (Fsp3) is 0.192. The van der Waals surface area contributed by atoms with Gasteiger partial charge in [0.25, 0.3) is 0 Å². The summed E-state index contributed by atoms with van der Waals surface area (Å²) in [6, 6.07) is 22.4. The number of nitrogens with zero attached hydrogens (tertiary/aromatic N) is 2. The van der Waals surface area contributed by atoms with Crippen molar-refractivity contribution in [3.8, 4) is 0 Å². The standard InChI is InChI=1S/C26H24N2O3/c1-3-7-24-27-22-15-14-21(25(29)19-8-5-4-6-9-19)16-23(22)28(24)17-18-10-12-20(13-11-18)26(30)31-2/h4-6,8-16H,3,7,17H2,1-2H3. The van der Waals surface area contributed by atoms with Gasteiger partial charge in [-0.2, -0.15) is 0 Å². The van der Waals surface area contributed by atoms with Crippen LogP contribution in [0, 0.1) is 0 Å². The molecular weight excluding hydrogens is 388 g/mol. The molecule has 156 valence electrons. The van der Waals surface area contributed by atoms with Gasteiger partial charge in [0.15, 0.2) is 5.78 Å². The van der Waals surface area contributed by atoms with Gasteiger partial charge in [0.1, 0.15) is 5.82 Å². The van der Waals surface area contributed by atoms with Crippen molar-refractivity contribution in [2.75, 3.05) is 7.11 Å². The van der Waals surface area contributed by atoms with Crippen LogP contribution in [0.2, 0.25) is 0 Å². The van der Waals surface area contributed by atoms with E-state index in [4.69, 9.17) is 9.72 Å². The van der Waals surface area contributed by atoms with Crippen molar-refractivity contribution < 1.29 is 14.3 Å². The quantitative estimate of drug-likeness (QED) is 0.315. The molecule has 0 saturated carbocycles. The molecule has 0 fully saturated rings. The number of hydrogen-bond acceptors (Lipinski definition) is 4. The lowest BCUT2D eigenvalue weighted by atomic mass is 10.0. The Hall–Kier alpha value is -3.73. The summed E-state index contributed by atoms with van der Waals surface area (Å²) in [6.07, 6.45) is 1.82. The minimum atomic E-state index is -0.352. The number of carbonyl (C=O) groups excluding carboxylic acids is 2. The van der Waals surface area contributed by atoms with Gasteiger partial charge in [-0.25, -0.2) is 9.78 Å². The Labute approximate surface area is 181 Å². The van der Waals surface area contributed by atoms with Crippen LogP contribution in [0.15, 0.2) is 72.8 Å². The summed E-state index contributed by atoms with van der Waals surface area (Å²) in [5, 5.41) is 0. The van der Waals surface area contributed by atoms with Crippen LogP contribution in [-0.4, -0.2) is 28.4 Å². The van der Waals surface area contributed by atoms with E-state index in [1.165, 1.54) is 7.11 Å². The van der Waals surface area contributed by atoms with Crippen molar-refractivity contribution in [1.29, 1.82) is 0 Å². The molecule has 0 aliphatic rings. The first-order valence-corrected chi connectivity index (χ1v) is 10.4. The zero-order valence-electron chi connectivity index (χ0n) is 17.7. The molecule has 4 rings (SSSR count). The molecule has 3 aromatic carbocycles. The minimum Gasteiger partial charge on any atom is -0.465 e. The zero-order chi connectivity index (χ0) is 21.8. The Morgan fingerprint density at radius 2 is 1.61 bits per heavy atom. The third-order valence-electron chi connectivity index (χ3n) is 5.31. The van der Waals surface area contributed by atoms with E-state index in [-0.39, 0.29) is 11.8 Å². The van der Waals surface area contributed by atoms with Crippen molar-refractivity contribution in [2.45, 2.75) is 26.3 Å². The van der Waals surface area contributed by atoms with Crippen LogP contribution in [-0.2, 0) is 17.7 Å². The number of hydrogen-bond donors (Lipinski definition) is 0. The van der Waals surface area contributed by atoms with Crippen LogP contribution in [0.25, 0.3) is 11.0 Å². The van der Waals surface area contributed by atoms with E-state index in [2.05, 4.69) is 11.5 Å². The molecule has 5 nitrogen and oxygen atoms in total. The van der Waals surface area contributed by atoms with Crippen LogP contribution in [0.1, 0.15) is 51.0 Å². The number of carbonyl (C=O) groups is 2. The lowest BCUT2D eigenvalue weighted by Crippen LogP contribution is -2.07. The third-order valence-corrected chi connectivity index (χ3v) is 5.31.